The van der Waals surface area contributed by atoms with Gasteiger partial charge in [0.25, 0.3) is 11.6 Å². The number of nitrogens with zero attached hydrogens (tertiary/aromatic N) is 1. The van der Waals surface area contributed by atoms with E-state index in [0.717, 1.165) is 0 Å². The van der Waals surface area contributed by atoms with E-state index in [1.165, 1.54) is 31.2 Å². The van der Waals surface area contributed by atoms with Gasteiger partial charge in [-0.2, -0.15) is 0 Å². The summed E-state index contributed by atoms with van der Waals surface area (Å²) in [6.45, 7) is 0.913. The van der Waals surface area contributed by atoms with Crippen LogP contribution in [0.4, 0.5) is 17.1 Å². The van der Waals surface area contributed by atoms with Crippen molar-refractivity contribution in [2.45, 2.75) is 19.8 Å². The molecule has 2 amide bonds. The second-order valence-corrected chi connectivity index (χ2v) is 6.19. The third-order valence-corrected chi connectivity index (χ3v) is 3.86. The van der Waals surface area contributed by atoms with Crippen LogP contribution < -0.4 is 10.6 Å². The fourth-order valence-corrected chi connectivity index (χ4v) is 2.31. The first-order valence-corrected chi connectivity index (χ1v) is 8.85. The Morgan fingerprint density at radius 2 is 1.40 bits per heavy atom. The summed E-state index contributed by atoms with van der Waals surface area (Å²) in [7, 11) is 0. The molecular weight excluding hydrogens is 394 g/mol. The molecular formula is C20H19N3O7. The van der Waals surface area contributed by atoms with Gasteiger partial charge in [-0.25, -0.2) is 0 Å². The Kier molecular flexibility index (Phi) is 7.74. The number of carbonyl (C=O) groups is 4. The maximum absolute atomic E-state index is 11.8. The lowest BCUT2D eigenvalue weighted by Gasteiger charge is -2.07. The van der Waals surface area contributed by atoms with Gasteiger partial charge in [-0.05, 0) is 43.3 Å². The van der Waals surface area contributed by atoms with E-state index >= 15 is 0 Å². The van der Waals surface area contributed by atoms with E-state index in [4.69, 9.17) is 4.74 Å². The summed E-state index contributed by atoms with van der Waals surface area (Å²) in [5.74, 6) is -1.86. The smallest absolute Gasteiger partial charge is 0.306 e. The zero-order valence-electron chi connectivity index (χ0n) is 16.0. The third kappa shape index (κ3) is 7.15. The highest BCUT2D eigenvalue weighted by atomic mass is 16.6. The van der Waals surface area contributed by atoms with Crippen molar-refractivity contribution < 1.29 is 28.8 Å². The van der Waals surface area contributed by atoms with Crippen LogP contribution >= 0.6 is 0 Å². The number of amides is 2. The number of nitrogens with one attached hydrogen (secondary N) is 2. The molecule has 30 heavy (non-hydrogen) atoms. The number of ketones is 1. The minimum absolute atomic E-state index is 0.0978. The molecule has 0 aliphatic carbocycles. The minimum Gasteiger partial charge on any atom is -0.456 e. The molecule has 0 aliphatic rings. The summed E-state index contributed by atoms with van der Waals surface area (Å²) in [5, 5.41) is 15.6. The number of benzene rings is 2. The molecule has 0 bridgehead atoms. The van der Waals surface area contributed by atoms with Crippen molar-refractivity contribution in [3.63, 3.8) is 0 Å². The predicted molar refractivity (Wildman–Crippen MR) is 107 cm³/mol. The monoisotopic (exact) mass is 413 g/mol. The Labute approximate surface area is 171 Å². The van der Waals surface area contributed by atoms with Crippen LogP contribution in [0.15, 0.2) is 48.5 Å². The van der Waals surface area contributed by atoms with Crippen LogP contribution in [0.1, 0.15) is 30.1 Å². The lowest BCUT2D eigenvalue weighted by Crippen LogP contribution is -2.21. The molecule has 0 fully saturated rings. The van der Waals surface area contributed by atoms with Crippen molar-refractivity contribution in [1.29, 1.82) is 0 Å². The second kappa shape index (κ2) is 10.5. The molecule has 10 nitrogen and oxygen atoms in total. The SMILES string of the molecule is CC(=O)c1ccc(NC(=O)COC(=O)CCC(=O)Nc2ccc([N+](=O)[O-])cc2)cc1. The number of hydrogen-bond acceptors (Lipinski definition) is 7. The summed E-state index contributed by atoms with van der Waals surface area (Å²) in [6.07, 6.45) is -0.413. The number of Topliss-reactive ketones (excluding diaryl/α,β-unsaturated/α-hetero) is 1. The Morgan fingerprint density at radius 3 is 1.93 bits per heavy atom. The molecule has 0 atom stereocenters. The molecule has 2 N–H and O–H groups in total. The number of nitro groups is 1. The zero-order valence-corrected chi connectivity index (χ0v) is 16.0. The number of rotatable bonds is 9. The predicted octanol–water partition coefficient (Wildman–Crippen LogP) is 2.70. The van der Waals surface area contributed by atoms with Gasteiger partial charge in [0, 0.05) is 35.5 Å². The molecule has 2 aromatic carbocycles. The molecule has 0 radical (unpaired) electrons. The average Bonchev–Trinajstić information content (AvgIpc) is 2.71. The summed E-state index contributed by atoms with van der Waals surface area (Å²) < 4.78 is 4.82. The highest BCUT2D eigenvalue weighted by Gasteiger charge is 2.12. The Morgan fingerprint density at radius 1 is 0.867 bits per heavy atom. The van der Waals surface area contributed by atoms with Crippen molar-refractivity contribution in [3.05, 3.63) is 64.2 Å². The fraction of sp³-hybridized carbons (Fsp3) is 0.200. The fourth-order valence-electron chi connectivity index (χ4n) is 2.31. The van der Waals surface area contributed by atoms with Gasteiger partial charge in [0.2, 0.25) is 5.91 Å². The zero-order chi connectivity index (χ0) is 22.1. The van der Waals surface area contributed by atoms with Gasteiger partial charge in [0.05, 0.1) is 11.3 Å². The first kappa shape index (κ1) is 22.2. The van der Waals surface area contributed by atoms with E-state index in [1.54, 1.807) is 24.3 Å². The molecule has 0 saturated heterocycles. The number of carbonyl (C=O) groups excluding carboxylic acids is 4. The van der Waals surface area contributed by atoms with Gasteiger partial charge in [0.1, 0.15) is 0 Å². The maximum Gasteiger partial charge on any atom is 0.306 e. The van der Waals surface area contributed by atoms with Crippen LogP contribution in [0, 0.1) is 10.1 Å². The summed E-state index contributed by atoms with van der Waals surface area (Å²) in [6, 6.07) is 11.5. The van der Waals surface area contributed by atoms with Gasteiger partial charge < -0.3 is 15.4 Å². The molecule has 0 aromatic heterocycles. The number of ether oxygens (including phenoxy) is 1. The molecule has 2 aromatic rings. The maximum atomic E-state index is 11.8. The standard InChI is InChI=1S/C20H19N3O7/c1-13(24)14-2-4-15(5-3-14)22-19(26)12-30-20(27)11-10-18(25)21-16-6-8-17(9-7-16)23(28)29/h2-9H,10-12H2,1H3,(H,21,25)(H,22,26). The van der Waals surface area contributed by atoms with Gasteiger partial charge in [-0.15, -0.1) is 0 Å². The van der Waals surface area contributed by atoms with Crippen LogP contribution in [0.3, 0.4) is 0 Å². The lowest BCUT2D eigenvalue weighted by atomic mass is 10.1. The van der Waals surface area contributed by atoms with Crippen molar-refractivity contribution in [1.82, 2.24) is 0 Å². The van der Waals surface area contributed by atoms with Crippen molar-refractivity contribution >= 4 is 40.6 Å². The first-order chi connectivity index (χ1) is 14.2. The van der Waals surface area contributed by atoms with Crippen LogP contribution in [0.5, 0.6) is 0 Å². The van der Waals surface area contributed by atoms with Crippen LogP contribution in [-0.4, -0.2) is 35.1 Å². The van der Waals surface area contributed by atoms with Crippen molar-refractivity contribution in [3.8, 4) is 0 Å². The molecule has 0 heterocycles. The number of anilines is 2. The highest BCUT2D eigenvalue weighted by molar-refractivity contribution is 5.96. The van der Waals surface area contributed by atoms with Gasteiger partial charge >= 0.3 is 5.97 Å². The van der Waals surface area contributed by atoms with E-state index in [1.807, 2.05) is 0 Å². The number of hydrogen-bond donors (Lipinski definition) is 2. The second-order valence-electron chi connectivity index (χ2n) is 6.19. The van der Waals surface area contributed by atoms with Crippen LogP contribution in [0.2, 0.25) is 0 Å². The van der Waals surface area contributed by atoms with Crippen molar-refractivity contribution in [2.75, 3.05) is 17.2 Å². The quantitative estimate of drug-likeness (QED) is 0.278. The third-order valence-electron chi connectivity index (χ3n) is 3.86. The highest BCUT2D eigenvalue weighted by Crippen LogP contribution is 2.15. The Balaban J connectivity index is 1.69. The van der Waals surface area contributed by atoms with Crippen LogP contribution in [-0.2, 0) is 19.1 Å². The van der Waals surface area contributed by atoms with E-state index in [2.05, 4.69) is 10.6 Å². The topological polar surface area (TPSA) is 145 Å². The number of nitro benzene ring substituents is 1. The van der Waals surface area contributed by atoms with E-state index < -0.39 is 29.3 Å². The van der Waals surface area contributed by atoms with Gasteiger partial charge in [-0.1, -0.05) is 0 Å². The minimum atomic E-state index is -0.726. The van der Waals surface area contributed by atoms with E-state index in [-0.39, 0.29) is 24.3 Å². The summed E-state index contributed by atoms with van der Waals surface area (Å²) in [5.41, 5.74) is 1.20. The largest absolute Gasteiger partial charge is 0.456 e. The molecule has 0 unspecified atom stereocenters. The molecule has 10 heteroatoms. The molecule has 156 valence electrons. The molecule has 0 aliphatic heterocycles. The van der Waals surface area contributed by atoms with Crippen LogP contribution in [0.25, 0.3) is 0 Å². The summed E-state index contributed by atoms with van der Waals surface area (Å²) in [4.78, 5) is 56.6. The Bertz CT molecular complexity index is 876. The Hall–Kier alpha value is -4.08. The van der Waals surface area contributed by atoms with Crippen molar-refractivity contribution in [2.24, 2.45) is 0 Å². The van der Waals surface area contributed by atoms with E-state index in [0.29, 0.717) is 16.9 Å². The number of non-ortho nitro benzene ring substituents is 1. The number of esters is 1. The first-order valence-electron chi connectivity index (χ1n) is 8.85. The normalized spacial score (nSPS) is 10.0. The van der Waals surface area contributed by atoms with Gasteiger partial charge in [0.15, 0.2) is 12.4 Å². The van der Waals surface area contributed by atoms with Gasteiger partial charge in [-0.3, -0.25) is 29.3 Å². The average molecular weight is 413 g/mol. The lowest BCUT2D eigenvalue weighted by molar-refractivity contribution is -0.384. The molecule has 2 rings (SSSR count). The summed E-state index contributed by atoms with van der Waals surface area (Å²) >= 11 is 0. The molecule has 0 spiro atoms. The van der Waals surface area contributed by atoms with E-state index in [9.17, 15) is 29.3 Å². The molecule has 0 saturated carbocycles.